The second-order valence-corrected chi connectivity index (χ2v) is 10.1. The summed E-state index contributed by atoms with van der Waals surface area (Å²) in [7, 11) is 1.18. The van der Waals surface area contributed by atoms with Gasteiger partial charge in [-0.05, 0) is 36.1 Å². The maximum Gasteiger partial charge on any atom is 0.416 e. The molecule has 13 heteroatoms. The molecule has 3 rings (SSSR count). The molecule has 1 aromatic heterocycles. The summed E-state index contributed by atoms with van der Waals surface area (Å²) in [6.07, 6.45) is -5.29. The predicted molar refractivity (Wildman–Crippen MR) is 121 cm³/mol. The van der Waals surface area contributed by atoms with Crippen molar-refractivity contribution in [3.05, 3.63) is 46.2 Å². The molecule has 1 fully saturated rings. The van der Waals surface area contributed by atoms with E-state index in [4.69, 9.17) is 34.8 Å². The Morgan fingerprint density at radius 2 is 1.88 bits per heavy atom. The number of likely N-dealkylation sites (N-methyl/N-ethyl adjacent to an activating group) is 1. The number of urea groups is 1. The smallest absolute Gasteiger partial charge is 0.359 e. The van der Waals surface area contributed by atoms with E-state index in [1.807, 2.05) is 12.3 Å². The molecule has 0 aliphatic carbocycles. The number of thiophene rings is 1. The number of aliphatic imine (C=N–C) groups is 1. The van der Waals surface area contributed by atoms with Crippen LogP contribution in [-0.2, 0) is 17.4 Å². The van der Waals surface area contributed by atoms with Gasteiger partial charge in [0.25, 0.3) is 5.91 Å². The molecule has 0 bridgehead atoms. The van der Waals surface area contributed by atoms with Crippen LogP contribution in [0.3, 0.4) is 0 Å². The van der Waals surface area contributed by atoms with Crippen LogP contribution in [0.2, 0.25) is 0 Å². The molecule has 172 valence electrons. The van der Waals surface area contributed by atoms with Gasteiger partial charge in [0.15, 0.2) is 6.17 Å². The van der Waals surface area contributed by atoms with Crippen LogP contribution in [0, 0.1) is 0 Å². The first-order valence-corrected chi connectivity index (χ1v) is 11.1. The van der Waals surface area contributed by atoms with Crippen molar-refractivity contribution in [1.29, 1.82) is 0 Å². The van der Waals surface area contributed by atoms with Gasteiger partial charge in [-0.15, -0.1) is 11.3 Å². The molecule has 2 heterocycles. The SMILES string of the molecule is CCc1sccc1NC(N=C1C(=O)N(C)C(=O)N1c1cccc(C(F)(F)F)c1)C(Cl)(Cl)Cl. The maximum absolute atomic E-state index is 13.2. The number of amidine groups is 1. The Morgan fingerprint density at radius 3 is 2.47 bits per heavy atom. The number of carbonyl (C=O) groups is 2. The normalized spacial score (nSPS) is 17.4. The highest BCUT2D eigenvalue weighted by molar-refractivity contribution is 7.10. The Labute approximate surface area is 200 Å². The lowest BCUT2D eigenvalue weighted by Crippen LogP contribution is -2.38. The summed E-state index contributed by atoms with van der Waals surface area (Å²) in [6, 6.07) is 4.81. The molecule has 1 N–H and O–H groups in total. The van der Waals surface area contributed by atoms with Crippen LogP contribution in [0.5, 0.6) is 0 Å². The maximum atomic E-state index is 13.2. The van der Waals surface area contributed by atoms with Gasteiger partial charge in [-0.2, -0.15) is 13.2 Å². The first kappa shape index (κ1) is 24.6. The number of alkyl halides is 6. The van der Waals surface area contributed by atoms with Gasteiger partial charge in [-0.25, -0.2) is 14.7 Å². The van der Waals surface area contributed by atoms with E-state index >= 15 is 0 Å². The largest absolute Gasteiger partial charge is 0.416 e. The fraction of sp³-hybridized carbons (Fsp3) is 0.316. The fourth-order valence-corrected chi connectivity index (χ4v) is 4.04. The Hall–Kier alpha value is -2.01. The monoisotopic (exact) mass is 526 g/mol. The third-order valence-electron chi connectivity index (χ3n) is 4.54. The molecule has 32 heavy (non-hydrogen) atoms. The lowest BCUT2D eigenvalue weighted by atomic mass is 10.2. The van der Waals surface area contributed by atoms with Crippen molar-refractivity contribution >= 4 is 75.3 Å². The summed E-state index contributed by atoms with van der Waals surface area (Å²) >= 11 is 19.7. The fourth-order valence-electron chi connectivity index (χ4n) is 2.94. The second kappa shape index (κ2) is 9.09. The van der Waals surface area contributed by atoms with Crippen molar-refractivity contribution in [2.75, 3.05) is 17.3 Å². The zero-order valence-electron chi connectivity index (χ0n) is 16.6. The van der Waals surface area contributed by atoms with E-state index in [0.29, 0.717) is 12.1 Å². The van der Waals surface area contributed by atoms with Crippen molar-refractivity contribution in [3.8, 4) is 0 Å². The van der Waals surface area contributed by atoms with Crippen LogP contribution in [-0.4, -0.2) is 39.7 Å². The molecule has 3 amide bonds. The number of amides is 3. The Kier molecular flexibility index (Phi) is 6.99. The van der Waals surface area contributed by atoms with E-state index in [1.165, 1.54) is 24.5 Å². The predicted octanol–water partition coefficient (Wildman–Crippen LogP) is 5.93. The molecule has 0 spiro atoms. The molecule has 1 unspecified atom stereocenters. The lowest BCUT2D eigenvalue weighted by molar-refractivity contribution is -0.137. The zero-order chi connectivity index (χ0) is 23.8. The molecule has 1 atom stereocenters. The Bertz CT molecular complexity index is 1070. The number of hydrogen-bond donors (Lipinski definition) is 1. The molecule has 2 aromatic rings. The average Bonchev–Trinajstić information content (AvgIpc) is 3.24. The van der Waals surface area contributed by atoms with Gasteiger partial charge in [0.1, 0.15) is 0 Å². The molecule has 0 radical (unpaired) electrons. The summed E-state index contributed by atoms with van der Waals surface area (Å²) in [4.78, 5) is 32.0. The van der Waals surface area contributed by atoms with E-state index in [9.17, 15) is 22.8 Å². The van der Waals surface area contributed by atoms with E-state index in [2.05, 4.69) is 10.3 Å². The topological polar surface area (TPSA) is 65.0 Å². The van der Waals surface area contributed by atoms with Gasteiger partial charge in [-0.1, -0.05) is 47.8 Å². The van der Waals surface area contributed by atoms with Gasteiger partial charge in [0.2, 0.25) is 9.63 Å². The molecular weight excluding hydrogens is 512 g/mol. The summed E-state index contributed by atoms with van der Waals surface area (Å²) < 4.78 is 37.5. The number of carbonyl (C=O) groups excluding carboxylic acids is 2. The Morgan fingerprint density at radius 1 is 1.19 bits per heavy atom. The van der Waals surface area contributed by atoms with Crippen molar-refractivity contribution in [2.45, 2.75) is 29.5 Å². The number of anilines is 2. The van der Waals surface area contributed by atoms with Crippen molar-refractivity contribution < 1.29 is 22.8 Å². The number of benzene rings is 1. The number of imide groups is 1. The highest BCUT2D eigenvalue weighted by atomic mass is 35.6. The minimum atomic E-state index is -4.65. The van der Waals surface area contributed by atoms with E-state index in [1.54, 1.807) is 6.07 Å². The summed E-state index contributed by atoms with van der Waals surface area (Å²) in [5.41, 5.74) is -0.575. The van der Waals surface area contributed by atoms with E-state index in [0.717, 1.165) is 32.9 Å². The third kappa shape index (κ3) is 4.98. The first-order valence-electron chi connectivity index (χ1n) is 9.11. The van der Waals surface area contributed by atoms with Gasteiger partial charge in [0.05, 0.1) is 11.3 Å². The number of rotatable bonds is 5. The second-order valence-electron chi connectivity index (χ2n) is 6.68. The van der Waals surface area contributed by atoms with Crippen LogP contribution < -0.4 is 10.2 Å². The van der Waals surface area contributed by atoms with Crippen LogP contribution in [0.25, 0.3) is 0 Å². The molecular formula is C19H16Cl3F3N4O2S. The number of nitrogens with one attached hydrogen (secondary N) is 1. The number of nitrogens with zero attached hydrogens (tertiary/aromatic N) is 3. The van der Waals surface area contributed by atoms with Crippen molar-refractivity contribution in [1.82, 2.24) is 4.90 Å². The van der Waals surface area contributed by atoms with Crippen LogP contribution in [0.15, 0.2) is 40.7 Å². The standard InChI is InChI=1S/C19H16Cl3F3N4O2S/c1-3-13-12(7-8-32-13)26-16(18(20,21)22)27-14-15(30)28(2)17(31)29(14)11-6-4-5-10(9-11)19(23,24)25/h4-9,16,26H,3H2,1-2H3. The Balaban J connectivity index is 2.08. The number of hydrogen-bond acceptors (Lipinski definition) is 5. The molecule has 1 aliphatic rings. The zero-order valence-corrected chi connectivity index (χ0v) is 19.7. The third-order valence-corrected chi connectivity index (χ3v) is 6.22. The molecule has 0 saturated carbocycles. The van der Waals surface area contributed by atoms with Crippen LogP contribution >= 0.6 is 46.1 Å². The van der Waals surface area contributed by atoms with Crippen LogP contribution in [0.1, 0.15) is 17.4 Å². The minimum Gasteiger partial charge on any atom is -0.359 e. The number of halogens is 6. The van der Waals surface area contributed by atoms with E-state index in [-0.39, 0.29) is 5.69 Å². The van der Waals surface area contributed by atoms with Crippen molar-refractivity contribution in [3.63, 3.8) is 0 Å². The summed E-state index contributed by atoms with van der Waals surface area (Å²) in [5, 5.41) is 4.76. The minimum absolute atomic E-state index is 0.200. The van der Waals surface area contributed by atoms with Gasteiger partial charge >= 0.3 is 12.2 Å². The highest BCUT2D eigenvalue weighted by Gasteiger charge is 2.44. The van der Waals surface area contributed by atoms with E-state index < -0.39 is 39.5 Å². The number of aryl methyl sites for hydroxylation is 1. The summed E-state index contributed by atoms with van der Waals surface area (Å²) in [6.45, 7) is 1.93. The molecule has 1 aromatic carbocycles. The average molecular weight is 528 g/mol. The molecule has 1 saturated heterocycles. The molecule has 1 aliphatic heterocycles. The lowest BCUT2D eigenvalue weighted by Gasteiger charge is -2.25. The van der Waals surface area contributed by atoms with Gasteiger partial charge < -0.3 is 5.32 Å². The quantitative estimate of drug-likeness (QED) is 0.387. The van der Waals surface area contributed by atoms with Crippen molar-refractivity contribution in [2.24, 2.45) is 4.99 Å². The van der Waals surface area contributed by atoms with Gasteiger partial charge in [0, 0.05) is 17.6 Å². The summed E-state index contributed by atoms with van der Waals surface area (Å²) in [5.74, 6) is -1.33. The highest BCUT2D eigenvalue weighted by Crippen LogP contribution is 2.37. The van der Waals surface area contributed by atoms with Gasteiger partial charge in [-0.3, -0.25) is 9.69 Å². The van der Waals surface area contributed by atoms with Crippen LogP contribution in [0.4, 0.5) is 29.3 Å². The first-order chi connectivity index (χ1) is 14.8. The molecule has 6 nitrogen and oxygen atoms in total.